The van der Waals surface area contributed by atoms with Gasteiger partial charge in [0.1, 0.15) is 0 Å². The fourth-order valence-corrected chi connectivity index (χ4v) is 2.23. The van der Waals surface area contributed by atoms with E-state index in [4.69, 9.17) is 14.2 Å². The molecule has 0 atom stereocenters. The first-order chi connectivity index (χ1) is 8.86. The van der Waals surface area contributed by atoms with Crippen molar-refractivity contribution in [3.05, 3.63) is 17.7 Å². The minimum Gasteiger partial charge on any atom is -0.493 e. The molecule has 1 aliphatic carbocycles. The largest absolute Gasteiger partial charge is 0.493 e. The summed E-state index contributed by atoms with van der Waals surface area (Å²) in [7, 11) is 1.65. The lowest BCUT2D eigenvalue weighted by Gasteiger charge is -2.09. The molecule has 3 rings (SSSR count). The third-order valence-electron chi connectivity index (χ3n) is 3.47. The van der Waals surface area contributed by atoms with Gasteiger partial charge in [-0.1, -0.05) is 12.8 Å². The molecule has 0 radical (unpaired) electrons. The summed E-state index contributed by atoms with van der Waals surface area (Å²) >= 11 is 0. The van der Waals surface area contributed by atoms with E-state index in [1.54, 1.807) is 7.11 Å². The van der Waals surface area contributed by atoms with Crippen LogP contribution in [0.1, 0.15) is 24.8 Å². The van der Waals surface area contributed by atoms with Gasteiger partial charge in [0.2, 0.25) is 12.5 Å². The van der Waals surface area contributed by atoms with Gasteiger partial charge >= 0.3 is 0 Å². The van der Waals surface area contributed by atoms with Crippen molar-refractivity contribution in [1.82, 2.24) is 5.32 Å². The molecule has 1 saturated carbocycles. The molecule has 1 heterocycles. The van der Waals surface area contributed by atoms with Gasteiger partial charge in [-0.3, -0.25) is 0 Å². The van der Waals surface area contributed by atoms with Crippen LogP contribution in [-0.2, 0) is 6.54 Å². The predicted octanol–water partition coefficient (Wildman–Crippen LogP) is 2.31. The van der Waals surface area contributed by atoms with Gasteiger partial charge in [-0.05, 0) is 36.6 Å². The maximum Gasteiger partial charge on any atom is 0.231 e. The van der Waals surface area contributed by atoms with Crippen molar-refractivity contribution in [3.63, 3.8) is 0 Å². The van der Waals surface area contributed by atoms with E-state index in [9.17, 15) is 0 Å². The van der Waals surface area contributed by atoms with Crippen LogP contribution in [0.3, 0.4) is 0 Å². The van der Waals surface area contributed by atoms with Crippen LogP contribution in [0.5, 0.6) is 17.2 Å². The highest BCUT2D eigenvalue weighted by molar-refractivity contribution is 5.55. The number of hydrogen-bond donors (Lipinski definition) is 1. The van der Waals surface area contributed by atoms with Gasteiger partial charge in [0.05, 0.1) is 7.11 Å². The summed E-state index contributed by atoms with van der Waals surface area (Å²) in [6.07, 6.45) is 4.13. The molecule has 1 aliphatic heterocycles. The molecule has 0 amide bonds. The molecule has 1 fully saturated rings. The summed E-state index contributed by atoms with van der Waals surface area (Å²) in [5, 5.41) is 3.46. The van der Waals surface area contributed by atoms with Crippen molar-refractivity contribution in [2.75, 3.05) is 20.4 Å². The first-order valence-corrected chi connectivity index (χ1v) is 6.54. The van der Waals surface area contributed by atoms with Crippen LogP contribution in [0.2, 0.25) is 0 Å². The number of benzene rings is 1. The monoisotopic (exact) mass is 249 g/mol. The zero-order chi connectivity index (χ0) is 12.4. The van der Waals surface area contributed by atoms with Crippen LogP contribution in [-0.4, -0.2) is 20.4 Å². The third kappa shape index (κ3) is 2.53. The first kappa shape index (κ1) is 11.7. The Bertz CT molecular complexity index is 429. The SMILES string of the molecule is COc1cc(CNCCC2CC2)cc2c1OCO2. The topological polar surface area (TPSA) is 39.7 Å². The summed E-state index contributed by atoms with van der Waals surface area (Å²) in [5.41, 5.74) is 1.17. The first-order valence-electron chi connectivity index (χ1n) is 6.54. The standard InChI is InChI=1S/C14H19NO3/c1-16-12-6-11(7-13-14(12)18-9-17-13)8-15-5-4-10-2-3-10/h6-7,10,15H,2-5,8-9H2,1H3. The van der Waals surface area contributed by atoms with E-state index in [0.29, 0.717) is 0 Å². The lowest BCUT2D eigenvalue weighted by molar-refractivity contribution is 0.171. The highest BCUT2D eigenvalue weighted by Gasteiger charge is 2.21. The van der Waals surface area contributed by atoms with E-state index in [1.807, 2.05) is 12.1 Å². The number of ether oxygens (including phenoxy) is 3. The molecule has 1 aromatic rings. The Morgan fingerprint density at radius 2 is 2.22 bits per heavy atom. The van der Waals surface area contributed by atoms with Crippen LogP contribution in [0.4, 0.5) is 0 Å². The fourth-order valence-electron chi connectivity index (χ4n) is 2.23. The Kier molecular flexibility index (Phi) is 3.28. The van der Waals surface area contributed by atoms with E-state index >= 15 is 0 Å². The fraction of sp³-hybridized carbons (Fsp3) is 0.571. The Labute approximate surface area is 107 Å². The van der Waals surface area contributed by atoms with Gasteiger partial charge in [0.15, 0.2) is 11.5 Å². The maximum atomic E-state index is 5.41. The summed E-state index contributed by atoms with van der Waals surface area (Å²) in [5.74, 6) is 3.24. The molecule has 0 bridgehead atoms. The van der Waals surface area contributed by atoms with Crippen molar-refractivity contribution in [2.45, 2.75) is 25.8 Å². The molecule has 0 saturated heterocycles. The Balaban J connectivity index is 1.60. The van der Waals surface area contributed by atoms with E-state index in [2.05, 4.69) is 5.32 Å². The number of nitrogens with one attached hydrogen (secondary N) is 1. The molecule has 1 N–H and O–H groups in total. The number of fused-ring (bicyclic) bond motifs is 1. The molecule has 98 valence electrons. The molecule has 4 heteroatoms. The van der Waals surface area contributed by atoms with Crippen LogP contribution in [0, 0.1) is 5.92 Å². The number of hydrogen-bond acceptors (Lipinski definition) is 4. The second kappa shape index (κ2) is 5.06. The minimum atomic E-state index is 0.282. The molecular weight excluding hydrogens is 230 g/mol. The van der Waals surface area contributed by atoms with Crippen molar-refractivity contribution >= 4 is 0 Å². The van der Waals surface area contributed by atoms with Crippen LogP contribution in [0.25, 0.3) is 0 Å². The Morgan fingerprint density at radius 1 is 1.33 bits per heavy atom. The van der Waals surface area contributed by atoms with Crippen molar-refractivity contribution < 1.29 is 14.2 Å². The van der Waals surface area contributed by atoms with E-state index in [0.717, 1.165) is 36.3 Å². The smallest absolute Gasteiger partial charge is 0.231 e. The zero-order valence-electron chi connectivity index (χ0n) is 10.7. The quantitative estimate of drug-likeness (QED) is 0.785. The van der Waals surface area contributed by atoms with E-state index < -0.39 is 0 Å². The maximum absolute atomic E-state index is 5.41. The van der Waals surface area contributed by atoms with Crippen LogP contribution < -0.4 is 19.5 Å². The number of rotatable bonds is 6. The predicted molar refractivity (Wildman–Crippen MR) is 68.2 cm³/mol. The van der Waals surface area contributed by atoms with Gasteiger partial charge in [-0.15, -0.1) is 0 Å². The average molecular weight is 249 g/mol. The van der Waals surface area contributed by atoms with Crippen LogP contribution >= 0.6 is 0 Å². The Morgan fingerprint density at radius 3 is 3.00 bits per heavy atom. The minimum absolute atomic E-state index is 0.282. The molecule has 4 nitrogen and oxygen atoms in total. The molecule has 0 unspecified atom stereocenters. The second-order valence-corrected chi connectivity index (χ2v) is 4.94. The van der Waals surface area contributed by atoms with Gasteiger partial charge in [-0.2, -0.15) is 0 Å². The second-order valence-electron chi connectivity index (χ2n) is 4.94. The average Bonchev–Trinajstić information content (AvgIpc) is 3.09. The molecule has 1 aromatic carbocycles. The summed E-state index contributed by atoms with van der Waals surface area (Å²) < 4.78 is 16.1. The highest BCUT2D eigenvalue weighted by atomic mass is 16.7. The summed E-state index contributed by atoms with van der Waals surface area (Å²) in [4.78, 5) is 0. The van der Waals surface area contributed by atoms with E-state index in [-0.39, 0.29) is 6.79 Å². The Hall–Kier alpha value is -1.42. The van der Waals surface area contributed by atoms with Gasteiger partial charge in [-0.25, -0.2) is 0 Å². The molecular formula is C14H19NO3. The molecule has 18 heavy (non-hydrogen) atoms. The molecule has 2 aliphatic rings. The highest BCUT2D eigenvalue weighted by Crippen LogP contribution is 2.41. The van der Waals surface area contributed by atoms with Gasteiger partial charge in [0, 0.05) is 6.54 Å². The van der Waals surface area contributed by atoms with Crippen molar-refractivity contribution in [3.8, 4) is 17.2 Å². The summed E-state index contributed by atoms with van der Waals surface area (Å²) in [6.45, 7) is 2.21. The summed E-state index contributed by atoms with van der Waals surface area (Å²) in [6, 6.07) is 4.03. The lowest BCUT2D eigenvalue weighted by atomic mass is 10.1. The van der Waals surface area contributed by atoms with Crippen molar-refractivity contribution in [1.29, 1.82) is 0 Å². The van der Waals surface area contributed by atoms with E-state index in [1.165, 1.54) is 24.8 Å². The third-order valence-corrected chi connectivity index (χ3v) is 3.47. The van der Waals surface area contributed by atoms with Crippen molar-refractivity contribution in [2.24, 2.45) is 5.92 Å². The van der Waals surface area contributed by atoms with Gasteiger partial charge in [0.25, 0.3) is 0 Å². The number of methoxy groups -OCH3 is 1. The molecule has 0 spiro atoms. The van der Waals surface area contributed by atoms with Gasteiger partial charge < -0.3 is 19.5 Å². The van der Waals surface area contributed by atoms with Crippen LogP contribution in [0.15, 0.2) is 12.1 Å². The molecule has 0 aromatic heterocycles. The zero-order valence-corrected chi connectivity index (χ0v) is 10.7. The normalized spacial score (nSPS) is 16.9. The lowest BCUT2D eigenvalue weighted by Crippen LogP contribution is -2.15.